The number of nitrogens with one attached hydrogen (secondary N) is 1. The number of halogens is 3. The van der Waals surface area contributed by atoms with Crippen LogP contribution in [0.1, 0.15) is 21.5 Å². The van der Waals surface area contributed by atoms with E-state index >= 15 is 0 Å². The zero-order valence-corrected chi connectivity index (χ0v) is 15.1. The van der Waals surface area contributed by atoms with Gasteiger partial charge in [-0.2, -0.15) is 13.2 Å². The highest BCUT2D eigenvalue weighted by Crippen LogP contribution is 2.31. The lowest BCUT2D eigenvalue weighted by Crippen LogP contribution is -2.29. The number of amides is 1. The molecule has 0 saturated heterocycles. The number of carbonyl (C=O) groups is 2. The molecule has 0 heterocycles. The van der Waals surface area contributed by atoms with Crippen molar-refractivity contribution in [2.45, 2.75) is 12.7 Å². The van der Waals surface area contributed by atoms with Crippen molar-refractivity contribution in [3.63, 3.8) is 0 Å². The maximum atomic E-state index is 12.9. The Kier molecular flexibility index (Phi) is 6.86. The molecule has 2 aromatic rings. The van der Waals surface area contributed by atoms with Crippen LogP contribution >= 0.6 is 0 Å². The van der Waals surface area contributed by atoms with Gasteiger partial charge in [-0.1, -0.05) is 18.2 Å². The number of alkyl halides is 3. The number of ether oxygens (including phenoxy) is 3. The Morgan fingerprint density at radius 3 is 2.18 bits per heavy atom. The van der Waals surface area contributed by atoms with Crippen LogP contribution < -0.4 is 14.8 Å². The molecule has 6 nitrogen and oxygen atoms in total. The maximum Gasteiger partial charge on any atom is 0.416 e. The first kappa shape index (κ1) is 21.1. The zero-order chi connectivity index (χ0) is 20.7. The Hall–Kier alpha value is -3.23. The van der Waals surface area contributed by atoms with Gasteiger partial charge in [0, 0.05) is 12.6 Å². The Morgan fingerprint density at radius 1 is 1.00 bits per heavy atom. The number of methoxy groups -OCH3 is 2. The molecule has 150 valence electrons. The van der Waals surface area contributed by atoms with E-state index in [1.54, 1.807) is 6.07 Å². The van der Waals surface area contributed by atoms with Gasteiger partial charge in [-0.05, 0) is 23.8 Å². The molecule has 0 spiro atoms. The number of carbonyl (C=O) groups excluding carboxylic acids is 2. The van der Waals surface area contributed by atoms with Gasteiger partial charge >= 0.3 is 12.1 Å². The maximum absolute atomic E-state index is 12.9. The van der Waals surface area contributed by atoms with E-state index in [1.807, 2.05) is 0 Å². The molecule has 2 rings (SSSR count). The normalized spacial score (nSPS) is 10.9. The summed E-state index contributed by atoms with van der Waals surface area (Å²) in [5.74, 6) is -0.817. The zero-order valence-electron chi connectivity index (χ0n) is 15.1. The summed E-state index contributed by atoms with van der Waals surface area (Å²) in [6.07, 6.45) is -4.53. The third kappa shape index (κ3) is 5.63. The van der Waals surface area contributed by atoms with Crippen molar-refractivity contribution in [1.29, 1.82) is 0 Å². The van der Waals surface area contributed by atoms with Crippen LogP contribution in [-0.2, 0) is 22.3 Å². The lowest BCUT2D eigenvalue weighted by atomic mass is 10.1. The minimum Gasteiger partial charge on any atom is -0.497 e. The van der Waals surface area contributed by atoms with Crippen molar-refractivity contribution in [1.82, 2.24) is 5.32 Å². The molecule has 1 amide bonds. The fraction of sp³-hybridized carbons (Fsp3) is 0.263. The summed E-state index contributed by atoms with van der Waals surface area (Å²) in [7, 11) is 2.83. The quantitative estimate of drug-likeness (QED) is 0.727. The van der Waals surface area contributed by atoms with Crippen LogP contribution in [-0.4, -0.2) is 32.7 Å². The van der Waals surface area contributed by atoms with Crippen LogP contribution in [0.15, 0.2) is 42.5 Å². The molecular formula is C19H18F3NO5. The van der Waals surface area contributed by atoms with Crippen molar-refractivity contribution >= 4 is 11.9 Å². The van der Waals surface area contributed by atoms with Gasteiger partial charge in [0.25, 0.3) is 5.91 Å². The van der Waals surface area contributed by atoms with E-state index in [-0.39, 0.29) is 17.7 Å². The Labute approximate surface area is 159 Å². The summed E-state index contributed by atoms with van der Waals surface area (Å²) >= 11 is 0. The van der Waals surface area contributed by atoms with E-state index in [2.05, 4.69) is 5.32 Å². The molecule has 0 bridgehead atoms. The van der Waals surface area contributed by atoms with E-state index < -0.39 is 30.2 Å². The monoisotopic (exact) mass is 397 g/mol. The Bertz CT molecular complexity index is 829. The first-order valence-electron chi connectivity index (χ1n) is 8.06. The van der Waals surface area contributed by atoms with E-state index in [1.165, 1.54) is 44.6 Å². The second-order valence-electron chi connectivity index (χ2n) is 5.61. The van der Waals surface area contributed by atoms with Crippen molar-refractivity contribution in [3.05, 3.63) is 59.2 Å². The van der Waals surface area contributed by atoms with E-state index in [0.29, 0.717) is 11.5 Å². The summed E-state index contributed by atoms with van der Waals surface area (Å²) < 4.78 is 53.8. The van der Waals surface area contributed by atoms with Crippen LogP contribution in [0.3, 0.4) is 0 Å². The third-order valence-corrected chi connectivity index (χ3v) is 3.72. The van der Waals surface area contributed by atoms with Crippen molar-refractivity contribution in [2.24, 2.45) is 0 Å². The van der Waals surface area contributed by atoms with Crippen LogP contribution in [0, 0.1) is 0 Å². The Balaban J connectivity index is 1.94. The van der Waals surface area contributed by atoms with Crippen LogP contribution in [0.5, 0.6) is 11.5 Å². The van der Waals surface area contributed by atoms with Crippen LogP contribution in [0.2, 0.25) is 0 Å². The summed E-state index contributed by atoms with van der Waals surface area (Å²) in [5, 5.41) is 2.30. The average Bonchev–Trinajstić information content (AvgIpc) is 2.69. The molecule has 9 heteroatoms. The smallest absolute Gasteiger partial charge is 0.416 e. The summed E-state index contributed by atoms with van der Waals surface area (Å²) in [6, 6.07) is 9.26. The highest BCUT2D eigenvalue weighted by molar-refractivity contribution is 5.92. The van der Waals surface area contributed by atoms with Gasteiger partial charge < -0.3 is 19.5 Å². The molecule has 0 aliphatic rings. The first-order chi connectivity index (χ1) is 13.2. The van der Waals surface area contributed by atoms with E-state index in [0.717, 1.165) is 6.07 Å². The Morgan fingerprint density at radius 2 is 1.61 bits per heavy atom. The van der Waals surface area contributed by atoms with Gasteiger partial charge in [0.1, 0.15) is 11.5 Å². The van der Waals surface area contributed by atoms with Crippen LogP contribution in [0.4, 0.5) is 13.2 Å². The number of rotatable bonds is 7. The highest BCUT2D eigenvalue weighted by Gasteiger charge is 2.32. The topological polar surface area (TPSA) is 73.9 Å². The summed E-state index contributed by atoms with van der Waals surface area (Å²) in [4.78, 5) is 23.9. The lowest BCUT2D eigenvalue weighted by Gasteiger charge is -2.13. The van der Waals surface area contributed by atoms with E-state index in [9.17, 15) is 22.8 Å². The minimum absolute atomic E-state index is 0.0905. The standard InChI is InChI=1S/C19H18F3NO5/c1-26-14-7-13(8-15(9-14)27-2)18(25)28-11-17(24)23-10-12-5-3-4-6-16(12)19(20,21)22/h3-9H,10-11H2,1-2H3,(H,23,24). The predicted octanol–water partition coefficient (Wildman–Crippen LogP) is 3.20. The van der Waals surface area contributed by atoms with Crippen molar-refractivity contribution in [2.75, 3.05) is 20.8 Å². The van der Waals surface area contributed by atoms with E-state index in [4.69, 9.17) is 14.2 Å². The molecule has 1 N–H and O–H groups in total. The molecule has 0 aliphatic carbocycles. The average molecular weight is 397 g/mol. The molecule has 0 aromatic heterocycles. The van der Waals surface area contributed by atoms with Crippen molar-refractivity contribution in [3.8, 4) is 11.5 Å². The highest BCUT2D eigenvalue weighted by atomic mass is 19.4. The fourth-order valence-electron chi connectivity index (χ4n) is 2.34. The van der Waals surface area contributed by atoms with Gasteiger partial charge in [-0.15, -0.1) is 0 Å². The third-order valence-electron chi connectivity index (χ3n) is 3.72. The fourth-order valence-corrected chi connectivity index (χ4v) is 2.34. The molecule has 28 heavy (non-hydrogen) atoms. The molecule has 0 saturated carbocycles. The van der Waals surface area contributed by atoms with Gasteiger partial charge in [0.05, 0.1) is 25.3 Å². The molecule has 0 radical (unpaired) electrons. The minimum atomic E-state index is -4.53. The molecule has 0 fully saturated rings. The number of hydrogen-bond acceptors (Lipinski definition) is 5. The first-order valence-corrected chi connectivity index (χ1v) is 8.06. The van der Waals surface area contributed by atoms with Gasteiger partial charge in [-0.25, -0.2) is 4.79 Å². The molecular weight excluding hydrogens is 379 g/mol. The largest absolute Gasteiger partial charge is 0.497 e. The number of hydrogen-bond donors (Lipinski definition) is 1. The predicted molar refractivity (Wildman–Crippen MR) is 93.1 cm³/mol. The molecule has 2 aromatic carbocycles. The summed E-state index contributed by atoms with van der Waals surface area (Å²) in [6.45, 7) is -0.994. The molecule has 0 aliphatic heterocycles. The SMILES string of the molecule is COc1cc(OC)cc(C(=O)OCC(=O)NCc2ccccc2C(F)(F)F)c1. The number of benzene rings is 2. The van der Waals surface area contributed by atoms with Gasteiger partial charge in [0.2, 0.25) is 0 Å². The summed E-state index contributed by atoms with van der Waals surface area (Å²) in [5.41, 5.74) is -0.825. The van der Waals surface area contributed by atoms with Gasteiger partial charge in [0.15, 0.2) is 6.61 Å². The number of esters is 1. The second kappa shape index (κ2) is 9.12. The molecule has 0 unspecified atom stereocenters. The van der Waals surface area contributed by atoms with Crippen molar-refractivity contribution < 1.29 is 37.0 Å². The van der Waals surface area contributed by atoms with Gasteiger partial charge in [-0.3, -0.25) is 4.79 Å². The van der Waals surface area contributed by atoms with Crippen LogP contribution in [0.25, 0.3) is 0 Å². The lowest BCUT2D eigenvalue weighted by molar-refractivity contribution is -0.138. The molecule has 0 atom stereocenters. The second-order valence-corrected chi connectivity index (χ2v) is 5.61.